The second-order valence-corrected chi connectivity index (χ2v) is 4.92. The summed E-state index contributed by atoms with van der Waals surface area (Å²) in [4.78, 5) is 0. The molecule has 0 bridgehead atoms. The molecule has 1 N–H and O–H groups in total. The number of hydrogen-bond donors (Lipinski definition) is 1. The Morgan fingerprint density at radius 1 is 1.12 bits per heavy atom. The standard InChI is InChI=1S/C15H25NO/c1-6-15(11(2)3)16-12(4)13-7-9-14(17-5)10-8-13/h7-12,15-16H,6H2,1-5H3. The monoisotopic (exact) mass is 235 g/mol. The van der Waals surface area contributed by atoms with Crippen molar-refractivity contribution in [3.8, 4) is 5.75 Å². The molecule has 0 heterocycles. The van der Waals surface area contributed by atoms with E-state index in [4.69, 9.17) is 4.74 Å². The second kappa shape index (κ2) is 6.65. The lowest BCUT2D eigenvalue weighted by Crippen LogP contribution is -2.35. The van der Waals surface area contributed by atoms with Gasteiger partial charge in [-0.25, -0.2) is 0 Å². The van der Waals surface area contributed by atoms with Crippen molar-refractivity contribution in [2.75, 3.05) is 7.11 Å². The summed E-state index contributed by atoms with van der Waals surface area (Å²) in [5.41, 5.74) is 1.31. The average molecular weight is 235 g/mol. The van der Waals surface area contributed by atoms with Gasteiger partial charge < -0.3 is 10.1 Å². The minimum absolute atomic E-state index is 0.383. The minimum atomic E-state index is 0.383. The fourth-order valence-electron chi connectivity index (χ4n) is 2.09. The zero-order chi connectivity index (χ0) is 12.8. The van der Waals surface area contributed by atoms with E-state index in [1.165, 1.54) is 5.56 Å². The maximum atomic E-state index is 5.17. The summed E-state index contributed by atoms with van der Waals surface area (Å²) in [7, 11) is 1.70. The lowest BCUT2D eigenvalue weighted by Gasteiger charge is -2.25. The molecule has 1 rings (SSSR count). The third-order valence-corrected chi connectivity index (χ3v) is 3.32. The topological polar surface area (TPSA) is 21.3 Å². The van der Waals surface area contributed by atoms with Crippen LogP contribution in [0, 0.1) is 5.92 Å². The SMILES string of the molecule is CCC(NC(C)c1ccc(OC)cc1)C(C)C. The van der Waals surface area contributed by atoms with Gasteiger partial charge in [-0.05, 0) is 37.0 Å². The summed E-state index contributed by atoms with van der Waals surface area (Å²) in [6.45, 7) is 8.98. The molecule has 2 nitrogen and oxygen atoms in total. The normalized spacial score (nSPS) is 14.7. The van der Waals surface area contributed by atoms with E-state index in [1.807, 2.05) is 12.1 Å². The van der Waals surface area contributed by atoms with Gasteiger partial charge in [-0.15, -0.1) is 0 Å². The third kappa shape index (κ3) is 4.04. The summed E-state index contributed by atoms with van der Waals surface area (Å²) in [5.74, 6) is 1.58. The Morgan fingerprint density at radius 3 is 2.12 bits per heavy atom. The van der Waals surface area contributed by atoms with Crippen molar-refractivity contribution in [1.82, 2.24) is 5.32 Å². The molecule has 2 atom stereocenters. The molecule has 0 spiro atoms. The Bertz CT molecular complexity index is 318. The zero-order valence-electron chi connectivity index (χ0n) is 11.7. The van der Waals surface area contributed by atoms with Gasteiger partial charge in [0, 0.05) is 12.1 Å². The molecule has 2 unspecified atom stereocenters. The summed E-state index contributed by atoms with van der Waals surface area (Å²) in [5, 5.41) is 3.68. The van der Waals surface area contributed by atoms with E-state index in [2.05, 4.69) is 45.1 Å². The van der Waals surface area contributed by atoms with E-state index in [1.54, 1.807) is 7.11 Å². The Kier molecular flexibility index (Phi) is 5.49. The van der Waals surface area contributed by atoms with Crippen LogP contribution in [-0.2, 0) is 0 Å². The summed E-state index contributed by atoms with van der Waals surface area (Å²) < 4.78 is 5.17. The van der Waals surface area contributed by atoms with Crippen LogP contribution in [0.25, 0.3) is 0 Å². The largest absolute Gasteiger partial charge is 0.497 e. The van der Waals surface area contributed by atoms with Gasteiger partial charge in [0.15, 0.2) is 0 Å². The molecule has 0 radical (unpaired) electrons. The molecule has 0 saturated heterocycles. The van der Waals surface area contributed by atoms with Crippen LogP contribution < -0.4 is 10.1 Å². The van der Waals surface area contributed by atoms with Gasteiger partial charge in [-0.2, -0.15) is 0 Å². The van der Waals surface area contributed by atoms with E-state index < -0.39 is 0 Å². The van der Waals surface area contributed by atoms with E-state index in [-0.39, 0.29) is 0 Å². The smallest absolute Gasteiger partial charge is 0.118 e. The maximum absolute atomic E-state index is 5.17. The number of hydrogen-bond acceptors (Lipinski definition) is 2. The molecule has 1 aromatic rings. The van der Waals surface area contributed by atoms with Gasteiger partial charge >= 0.3 is 0 Å². The van der Waals surface area contributed by atoms with Gasteiger partial charge in [-0.3, -0.25) is 0 Å². The molecule has 0 amide bonds. The first-order chi connectivity index (χ1) is 8.08. The van der Waals surface area contributed by atoms with Gasteiger partial charge in [-0.1, -0.05) is 32.9 Å². The zero-order valence-corrected chi connectivity index (χ0v) is 11.7. The molecule has 0 saturated carbocycles. The summed E-state index contributed by atoms with van der Waals surface area (Å²) >= 11 is 0. The number of benzene rings is 1. The first kappa shape index (κ1) is 14.0. The third-order valence-electron chi connectivity index (χ3n) is 3.32. The number of rotatable bonds is 6. The molecule has 1 aromatic carbocycles. The second-order valence-electron chi connectivity index (χ2n) is 4.92. The fraction of sp³-hybridized carbons (Fsp3) is 0.600. The van der Waals surface area contributed by atoms with Gasteiger partial charge in [0.25, 0.3) is 0 Å². The van der Waals surface area contributed by atoms with Gasteiger partial charge in [0.05, 0.1) is 7.11 Å². The van der Waals surface area contributed by atoms with Gasteiger partial charge in [0.2, 0.25) is 0 Å². The van der Waals surface area contributed by atoms with E-state index in [0.717, 1.165) is 12.2 Å². The van der Waals surface area contributed by atoms with E-state index >= 15 is 0 Å². The van der Waals surface area contributed by atoms with Gasteiger partial charge in [0.1, 0.15) is 5.75 Å². The lowest BCUT2D eigenvalue weighted by atomic mass is 9.99. The van der Waals surface area contributed by atoms with Crippen LogP contribution in [0.2, 0.25) is 0 Å². The highest BCUT2D eigenvalue weighted by Crippen LogP contribution is 2.19. The predicted octanol–water partition coefficient (Wildman–Crippen LogP) is 3.78. The Morgan fingerprint density at radius 2 is 1.71 bits per heavy atom. The molecular formula is C15H25NO. The van der Waals surface area contributed by atoms with E-state index in [0.29, 0.717) is 18.0 Å². The maximum Gasteiger partial charge on any atom is 0.118 e. The minimum Gasteiger partial charge on any atom is -0.497 e. The molecule has 0 aliphatic carbocycles. The predicted molar refractivity (Wildman–Crippen MR) is 73.5 cm³/mol. The highest BCUT2D eigenvalue weighted by Gasteiger charge is 2.14. The highest BCUT2D eigenvalue weighted by molar-refractivity contribution is 5.28. The Balaban J connectivity index is 2.65. The van der Waals surface area contributed by atoms with Crippen LogP contribution in [0.15, 0.2) is 24.3 Å². The Hall–Kier alpha value is -1.02. The van der Waals surface area contributed by atoms with Crippen molar-refractivity contribution in [2.45, 2.75) is 46.2 Å². The summed E-state index contributed by atoms with van der Waals surface area (Å²) in [6, 6.07) is 9.25. The molecule has 0 fully saturated rings. The number of methoxy groups -OCH3 is 1. The molecule has 2 heteroatoms. The van der Waals surface area contributed by atoms with Crippen LogP contribution in [0.4, 0.5) is 0 Å². The molecule has 0 aromatic heterocycles. The lowest BCUT2D eigenvalue weighted by molar-refractivity contribution is 0.355. The summed E-state index contributed by atoms with van der Waals surface area (Å²) in [6.07, 6.45) is 1.16. The van der Waals surface area contributed by atoms with Crippen LogP contribution in [0.1, 0.15) is 45.7 Å². The molecular weight excluding hydrogens is 210 g/mol. The molecule has 96 valence electrons. The van der Waals surface area contributed by atoms with Crippen LogP contribution in [0.3, 0.4) is 0 Å². The van der Waals surface area contributed by atoms with Crippen molar-refractivity contribution in [3.05, 3.63) is 29.8 Å². The molecule has 17 heavy (non-hydrogen) atoms. The first-order valence-corrected chi connectivity index (χ1v) is 6.48. The quantitative estimate of drug-likeness (QED) is 0.810. The number of nitrogens with one attached hydrogen (secondary N) is 1. The number of ether oxygens (including phenoxy) is 1. The Labute approximate surface area is 105 Å². The van der Waals surface area contributed by atoms with Crippen molar-refractivity contribution < 1.29 is 4.74 Å². The molecule has 0 aliphatic rings. The van der Waals surface area contributed by atoms with Crippen molar-refractivity contribution in [3.63, 3.8) is 0 Å². The van der Waals surface area contributed by atoms with Crippen LogP contribution >= 0.6 is 0 Å². The van der Waals surface area contributed by atoms with E-state index in [9.17, 15) is 0 Å². The van der Waals surface area contributed by atoms with Crippen LogP contribution in [-0.4, -0.2) is 13.2 Å². The molecule has 0 aliphatic heterocycles. The van der Waals surface area contributed by atoms with Crippen molar-refractivity contribution in [1.29, 1.82) is 0 Å². The van der Waals surface area contributed by atoms with Crippen molar-refractivity contribution in [2.24, 2.45) is 5.92 Å². The highest BCUT2D eigenvalue weighted by atomic mass is 16.5. The average Bonchev–Trinajstić information content (AvgIpc) is 2.35. The first-order valence-electron chi connectivity index (χ1n) is 6.48. The van der Waals surface area contributed by atoms with Crippen LogP contribution in [0.5, 0.6) is 5.75 Å². The fourth-order valence-corrected chi connectivity index (χ4v) is 2.09. The van der Waals surface area contributed by atoms with Crippen molar-refractivity contribution >= 4 is 0 Å².